The lowest BCUT2D eigenvalue weighted by Gasteiger charge is -2.11. The zero-order chi connectivity index (χ0) is 21.6. The van der Waals surface area contributed by atoms with E-state index in [0.29, 0.717) is 32.8 Å². The third kappa shape index (κ3) is 4.93. The van der Waals surface area contributed by atoms with E-state index < -0.39 is 5.91 Å². The average Bonchev–Trinajstić information content (AvgIpc) is 3.26. The van der Waals surface area contributed by atoms with Gasteiger partial charge in [0.2, 0.25) is 5.13 Å². The third-order valence-corrected chi connectivity index (χ3v) is 5.11. The highest BCUT2D eigenvalue weighted by molar-refractivity contribution is 7.17. The largest absolute Gasteiger partial charge is 0.496 e. The molecule has 0 atom stereocenters. The van der Waals surface area contributed by atoms with Crippen molar-refractivity contribution in [3.8, 4) is 22.1 Å². The molecule has 0 bridgehead atoms. The number of carbonyl (C=O) groups excluding carboxylic acids is 1. The number of ether oxygens (including phenoxy) is 2. The number of pyridine rings is 1. The second kappa shape index (κ2) is 9.45. The maximum atomic E-state index is 12.9. The lowest BCUT2D eigenvalue weighted by molar-refractivity contribution is 0.102. The Labute approximate surface area is 186 Å². The molecular weight excluding hydrogens is 440 g/mol. The van der Waals surface area contributed by atoms with E-state index in [4.69, 9.17) is 21.1 Å². The predicted octanol–water partition coefficient (Wildman–Crippen LogP) is 3.88. The summed E-state index contributed by atoms with van der Waals surface area (Å²) in [7, 11) is 1.57. The fourth-order valence-corrected chi connectivity index (χ4v) is 3.40. The Balaban J connectivity index is 1.48. The summed E-state index contributed by atoms with van der Waals surface area (Å²) in [5.41, 5.74) is 2.32. The number of rotatable bonds is 7. The van der Waals surface area contributed by atoms with Crippen LogP contribution in [0.3, 0.4) is 0 Å². The molecule has 0 radical (unpaired) electrons. The average molecular weight is 455 g/mol. The first kappa shape index (κ1) is 20.6. The summed E-state index contributed by atoms with van der Waals surface area (Å²) in [4.78, 5) is 17.0. The smallest absolute Gasteiger partial charge is 0.296 e. The highest BCUT2D eigenvalue weighted by Crippen LogP contribution is 2.32. The van der Waals surface area contributed by atoms with Crippen LogP contribution in [0, 0.1) is 0 Å². The van der Waals surface area contributed by atoms with Crippen molar-refractivity contribution in [2.45, 2.75) is 6.61 Å². The number of hydrogen-bond acceptors (Lipinski definition) is 9. The molecule has 0 unspecified atom stereocenters. The van der Waals surface area contributed by atoms with Gasteiger partial charge in [0.15, 0.2) is 0 Å². The minimum absolute atomic E-state index is 0.200. The first-order chi connectivity index (χ1) is 15.1. The van der Waals surface area contributed by atoms with Crippen molar-refractivity contribution < 1.29 is 14.3 Å². The zero-order valence-electron chi connectivity index (χ0n) is 16.2. The van der Waals surface area contributed by atoms with E-state index in [9.17, 15) is 4.79 Å². The minimum atomic E-state index is -0.405. The van der Waals surface area contributed by atoms with Crippen molar-refractivity contribution >= 4 is 34.0 Å². The van der Waals surface area contributed by atoms with Crippen molar-refractivity contribution in [3.05, 3.63) is 71.3 Å². The Morgan fingerprint density at radius 1 is 1.06 bits per heavy atom. The lowest BCUT2D eigenvalue weighted by atomic mass is 10.0. The topological polar surface area (TPSA) is 112 Å². The molecule has 0 spiro atoms. The Hall–Kier alpha value is -3.63. The summed E-state index contributed by atoms with van der Waals surface area (Å²) < 4.78 is 11.0. The standard InChI is InChI=1S/C20H15ClN6O3S/c1-29-17-5-3-2-4-14(17)15-9-23-24-10-16(15)18(28)25-19-26-27-20(31-19)30-11-13-7-6-12(21)8-22-13/h2-10H,11H2,1H3,(H,25,26,28). The molecule has 3 heterocycles. The molecule has 1 aromatic carbocycles. The van der Waals surface area contributed by atoms with Gasteiger partial charge >= 0.3 is 0 Å². The van der Waals surface area contributed by atoms with E-state index >= 15 is 0 Å². The summed E-state index contributed by atoms with van der Waals surface area (Å²) >= 11 is 6.92. The van der Waals surface area contributed by atoms with Gasteiger partial charge in [0.25, 0.3) is 11.1 Å². The molecule has 4 aromatic rings. The van der Waals surface area contributed by atoms with Crippen LogP contribution in [0.25, 0.3) is 11.1 Å². The fourth-order valence-electron chi connectivity index (χ4n) is 2.69. The van der Waals surface area contributed by atoms with E-state index in [-0.39, 0.29) is 11.7 Å². The summed E-state index contributed by atoms with van der Waals surface area (Å²) in [6.07, 6.45) is 4.44. The Morgan fingerprint density at radius 3 is 2.71 bits per heavy atom. The van der Waals surface area contributed by atoms with Crippen molar-refractivity contribution in [1.82, 2.24) is 25.4 Å². The monoisotopic (exact) mass is 454 g/mol. The number of methoxy groups -OCH3 is 1. The zero-order valence-corrected chi connectivity index (χ0v) is 17.7. The molecule has 156 valence electrons. The van der Waals surface area contributed by atoms with E-state index in [1.807, 2.05) is 18.2 Å². The van der Waals surface area contributed by atoms with Crippen LogP contribution >= 0.6 is 22.9 Å². The minimum Gasteiger partial charge on any atom is -0.496 e. The molecule has 9 nitrogen and oxygen atoms in total. The Morgan fingerprint density at radius 2 is 1.90 bits per heavy atom. The van der Waals surface area contributed by atoms with Crippen LogP contribution in [-0.4, -0.2) is 38.4 Å². The fraction of sp³-hybridized carbons (Fsp3) is 0.100. The predicted molar refractivity (Wildman–Crippen MR) is 115 cm³/mol. The van der Waals surface area contributed by atoms with Gasteiger partial charge in [-0.05, 0) is 29.5 Å². The number of hydrogen-bond donors (Lipinski definition) is 1. The summed E-state index contributed by atoms with van der Waals surface area (Å²) in [6.45, 7) is 0.200. The van der Waals surface area contributed by atoms with E-state index in [1.54, 1.807) is 25.3 Å². The van der Waals surface area contributed by atoms with Gasteiger partial charge in [-0.25, -0.2) is 0 Å². The number of nitrogens with one attached hydrogen (secondary N) is 1. The Kier molecular flexibility index (Phi) is 6.29. The second-order valence-electron chi connectivity index (χ2n) is 6.10. The van der Waals surface area contributed by atoms with E-state index in [0.717, 1.165) is 16.9 Å². The molecule has 0 aliphatic heterocycles. The van der Waals surface area contributed by atoms with Crippen molar-refractivity contribution in [2.24, 2.45) is 0 Å². The molecule has 0 aliphatic rings. The molecule has 0 saturated heterocycles. The molecule has 0 aliphatic carbocycles. The molecule has 11 heteroatoms. The van der Waals surface area contributed by atoms with Gasteiger partial charge in [0.05, 0.1) is 35.8 Å². The van der Waals surface area contributed by atoms with Gasteiger partial charge in [-0.3, -0.25) is 15.1 Å². The summed E-state index contributed by atoms with van der Waals surface area (Å²) in [5.74, 6) is 0.213. The highest BCUT2D eigenvalue weighted by atomic mass is 35.5. The van der Waals surface area contributed by atoms with Crippen LogP contribution in [0.4, 0.5) is 5.13 Å². The number of carbonyl (C=O) groups is 1. The van der Waals surface area contributed by atoms with Crippen molar-refractivity contribution in [2.75, 3.05) is 12.4 Å². The van der Waals surface area contributed by atoms with Gasteiger partial charge in [0.1, 0.15) is 12.4 Å². The molecule has 31 heavy (non-hydrogen) atoms. The molecular formula is C20H15ClN6O3S. The van der Waals surface area contributed by atoms with Crippen LogP contribution in [0.2, 0.25) is 5.02 Å². The Bertz CT molecular complexity index is 1200. The molecule has 4 rings (SSSR count). The summed E-state index contributed by atoms with van der Waals surface area (Å²) in [6, 6.07) is 10.8. The molecule has 3 aromatic heterocycles. The van der Waals surface area contributed by atoms with Gasteiger partial charge in [-0.1, -0.05) is 34.9 Å². The number of amides is 1. The molecule has 1 N–H and O–H groups in total. The van der Waals surface area contributed by atoms with Crippen LogP contribution in [0.5, 0.6) is 10.9 Å². The van der Waals surface area contributed by atoms with Gasteiger partial charge in [-0.2, -0.15) is 10.2 Å². The van der Waals surface area contributed by atoms with Gasteiger partial charge in [0, 0.05) is 17.3 Å². The highest BCUT2D eigenvalue weighted by Gasteiger charge is 2.18. The normalized spacial score (nSPS) is 10.5. The maximum Gasteiger partial charge on any atom is 0.296 e. The number of halogens is 1. The first-order valence-corrected chi connectivity index (χ1v) is 10.2. The van der Waals surface area contributed by atoms with Crippen LogP contribution in [0.1, 0.15) is 16.1 Å². The van der Waals surface area contributed by atoms with Gasteiger partial charge < -0.3 is 9.47 Å². The molecule has 0 fully saturated rings. The quantitative estimate of drug-likeness (QED) is 0.447. The van der Waals surface area contributed by atoms with Crippen LogP contribution in [-0.2, 0) is 6.61 Å². The number of para-hydroxylation sites is 1. The van der Waals surface area contributed by atoms with Gasteiger partial charge in [-0.15, -0.1) is 5.10 Å². The van der Waals surface area contributed by atoms with Crippen molar-refractivity contribution in [1.29, 1.82) is 0 Å². The van der Waals surface area contributed by atoms with E-state index in [2.05, 4.69) is 30.7 Å². The maximum absolute atomic E-state index is 12.9. The molecule has 0 saturated carbocycles. The number of nitrogens with zero attached hydrogens (tertiary/aromatic N) is 5. The third-order valence-electron chi connectivity index (χ3n) is 4.13. The number of anilines is 1. The lowest BCUT2D eigenvalue weighted by Crippen LogP contribution is -2.14. The van der Waals surface area contributed by atoms with Crippen molar-refractivity contribution in [3.63, 3.8) is 0 Å². The van der Waals surface area contributed by atoms with Crippen LogP contribution in [0.15, 0.2) is 55.0 Å². The van der Waals surface area contributed by atoms with E-state index in [1.165, 1.54) is 18.6 Å². The second-order valence-corrected chi connectivity index (χ2v) is 7.48. The summed E-state index contributed by atoms with van der Waals surface area (Å²) in [5, 5.41) is 19.5. The SMILES string of the molecule is COc1ccccc1-c1cnncc1C(=O)Nc1nnc(OCc2ccc(Cl)cn2)s1. The number of benzene rings is 1. The first-order valence-electron chi connectivity index (χ1n) is 8.96. The van der Waals surface area contributed by atoms with Crippen LogP contribution < -0.4 is 14.8 Å². The number of aromatic nitrogens is 5. The molecule has 1 amide bonds.